The van der Waals surface area contributed by atoms with Gasteiger partial charge in [-0.25, -0.2) is 0 Å². The number of amides is 1. The van der Waals surface area contributed by atoms with Crippen LogP contribution in [0.3, 0.4) is 0 Å². The molecule has 1 heterocycles. The predicted molar refractivity (Wildman–Crippen MR) is 114 cm³/mol. The van der Waals surface area contributed by atoms with E-state index in [0.29, 0.717) is 5.02 Å². The van der Waals surface area contributed by atoms with Gasteiger partial charge < -0.3 is 5.32 Å². The number of nitrogens with one attached hydrogen (secondary N) is 1. The monoisotopic (exact) mass is 395 g/mol. The lowest BCUT2D eigenvalue weighted by molar-refractivity contribution is -0.125. The molecule has 146 valence electrons. The number of hydrogen-bond acceptors (Lipinski definition) is 2. The van der Waals surface area contributed by atoms with E-state index in [1.807, 2.05) is 60.1 Å². The molecule has 1 N–H and O–H groups in total. The smallest absolute Gasteiger partial charge is 0.244 e. The van der Waals surface area contributed by atoms with E-state index in [9.17, 15) is 4.79 Å². The maximum absolute atomic E-state index is 13.0. The summed E-state index contributed by atoms with van der Waals surface area (Å²) in [7, 11) is 0. The first-order chi connectivity index (χ1) is 13.5. The van der Waals surface area contributed by atoms with Crippen LogP contribution < -0.4 is 5.32 Å². The topological polar surface area (TPSA) is 46.9 Å². The maximum Gasteiger partial charge on any atom is 0.244 e. The first-order valence-corrected chi connectivity index (χ1v) is 10.4. The Bertz CT molecular complexity index is 974. The highest BCUT2D eigenvalue weighted by Crippen LogP contribution is 2.32. The molecule has 3 aromatic rings. The molecule has 0 bridgehead atoms. The van der Waals surface area contributed by atoms with Crippen LogP contribution in [0.1, 0.15) is 45.6 Å². The minimum Gasteiger partial charge on any atom is -0.352 e. The number of carbonyl (C=O) groups excluding carboxylic acids is 1. The fourth-order valence-corrected chi connectivity index (χ4v) is 4.23. The van der Waals surface area contributed by atoms with Gasteiger partial charge in [0.25, 0.3) is 0 Å². The van der Waals surface area contributed by atoms with Gasteiger partial charge in [-0.15, -0.1) is 0 Å². The van der Waals surface area contributed by atoms with Crippen LogP contribution in [0.5, 0.6) is 0 Å². The van der Waals surface area contributed by atoms with Crippen LogP contribution in [0.4, 0.5) is 0 Å². The lowest BCUT2D eigenvalue weighted by Gasteiger charge is -2.28. The summed E-state index contributed by atoms with van der Waals surface area (Å²) in [5.41, 5.74) is 2.79. The molecule has 1 atom stereocenters. The van der Waals surface area contributed by atoms with Crippen LogP contribution in [-0.4, -0.2) is 21.7 Å². The molecule has 4 nitrogen and oxygen atoms in total. The van der Waals surface area contributed by atoms with Crippen LogP contribution in [0.25, 0.3) is 22.2 Å². The number of halogens is 1. The average Bonchev–Trinajstić information content (AvgIpc) is 3.08. The van der Waals surface area contributed by atoms with Crippen molar-refractivity contribution in [3.8, 4) is 11.3 Å². The number of nitrogens with zero attached hydrogens (tertiary/aromatic N) is 2. The summed E-state index contributed by atoms with van der Waals surface area (Å²) in [5, 5.41) is 9.69. The third kappa shape index (κ3) is 3.79. The quantitative estimate of drug-likeness (QED) is 0.623. The molecular formula is C23H26ClN3O. The van der Waals surface area contributed by atoms with Gasteiger partial charge in [-0.3, -0.25) is 9.48 Å². The maximum atomic E-state index is 13.0. The molecule has 2 aromatic carbocycles. The molecule has 0 spiro atoms. The summed E-state index contributed by atoms with van der Waals surface area (Å²) in [6.45, 7) is 4.20. The van der Waals surface area contributed by atoms with E-state index in [4.69, 9.17) is 16.7 Å². The molecule has 0 unspecified atom stereocenters. The fraction of sp³-hybridized carbons (Fsp3) is 0.391. The van der Waals surface area contributed by atoms with E-state index in [1.54, 1.807) is 0 Å². The van der Waals surface area contributed by atoms with Gasteiger partial charge in [-0.1, -0.05) is 48.9 Å². The van der Waals surface area contributed by atoms with Crippen LogP contribution >= 0.6 is 11.6 Å². The van der Waals surface area contributed by atoms with Crippen molar-refractivity contribution < 1.29 is 4.79 Å². The lowest BCUT2D eigenvalue weighted by Crippen LogP contribution is -2.40. The average molecular weight is 396 g/mol. The number of benzene rings is 2. The molecule has 1 fully saturated rings. The zero-order valence-electron chi connectivity index (χ0n) is 16.4. The largest absolute Gasteiger partial charge is 0.352 e. The van der Waals surface area contributed by atoms with Crippen LogP contribution in [-0.2, 0) is 4.79 Å². The SMILES string of the molecule is CC1CCC(NC(=O)[C@H](C)n2nc(-c3ccccc3)c3cc(Cl)ccc32)CC1. The normalized spacial score (nSPS) is 20.8. The van der Waals surface area contributed by atoms with Gasteiger partial charge >= 0.3 is 0 Å². The second-order valence-corrected chi connectivity index (χ2v) is 8.40. The number of carbonyl (C=O) groups is 1. The van der Waals surface area contributed by atoms with Gasteiger partial charge in [0.1, 0.15) is 11.7 Å². The van der Waals surface area contributed by atoms with Crippen molar-refractivity contribution in [2.45, 2.75) is 51.6 Å². The molecule has 0 saturated heterocycles. The van der Waals surface area contributed by atoms with Gasteiger partial charge in [0.05, 0.1) is 5.52 Å². The Kier molecular flexibility index (Phi) is 5.40. The van der Waals surface area contributed by atoms with Crippen LogP contribution in [0.2, 0.25) is 5.02 Å². The molecule has 0 radical (unpaired) electrons. The summed E-state index contributed by atoms with van der Waals surface area (Å²) in [6, 6.07) is 15.6. The Morgan fingerprint density at radius 1 is 1.14 bits per heavy atom. The van der Waals surface area contributed by atoms with Crippen molar-refractivity contribution in [3.05, 3.63) is 53.6 Å². The Morgan fingerprint density at radius 3 is 2.57 bits per heavy atom. The number of fused-ring (bicyclic) bond motifs is 1. The van der Waals surface area contributed by atoms with Crippen molar-refractivity contribution in [2.75, 3.05) is 0 Å². The molecule has 1 saturated carbocycles. The van der Waals surface area contributed by atoms with Crippen LogP contribution in [0, 0.1) is 5.92 Å². The number of hydrogen-bond donors (Lipinski definition) is 1. The molecular weight excluding hydrogens is 370 g/mol. The highest BCUT2D eigenvalue weighted by molar-refractivity contribution is 6.31. The van der Waals surface area contributed by atoms with Gasteiger partial charge in [-0.2, -0.15) is 5.10 Å². The number of rotatable bonds is 4. The van der Waals surface area contributed by atoms with E-state index < -0.39 is 0 Å². The third-order valence-electron chi connectivity index (χ3n) is 5.82. The Morgan fingerprint density at radius 2 is 1.86 bits per heavy atom. The zero-order valence-corrected chi connectivity index (χ0v) is 17.1. The molecule has 5 heteroatoms. The van der Waals surface area contributed by atoms with Crippen LogP contribution in [0.15, 0.2) is 48.5 Å². The summed E-state index contributed by atoms with van der Waals surface area (Å²) in [4.78, 5) is 13.0. The van der Waals surface area contributed by atoms with E-state index >= 15 is 0 Å². The lowest BCUT2D eigenvalue weighted by atomic mass is 9.87. The zero-order chi connectivity index (χ0) is 19.7. The standard InChI is InChI=1S/C23H26ClN3O/c1-15-8-11-19(12-9-15)25-23(28)16(2)27-21-13-10-18(24)14-20(21)22(26-27)17-6-4-3-5-7-17/h3-7,10,13-16,19H,8-9,11-12H2,1-2H3,(H,25,28)/t15?,16-,19?/m0/s1. The van der Waals surface area contributed by atoms with Gasteiger partial charge in [0.2, 0.25) is 5.91 Å². The van der Waals surface area contributed by atoms with E-state index in [0.717, 1.165) is 40.9 Å². The molecule has 1 aliphatic rings. The third-order valence-corrected chi connectivity index (χ3v) is 6.06. The summed E-state index contributed by atoms with van der Waals surface area (Å²) < 4.78 is 1.83. The minimum atomic E-state index is -0.388. The van der Waals surface area contributed by atoms with Crippen molar-refractivity contribution in [1.82, 2.24) is 15.1 Å². The Hall–Kier alpha value is -2.33. The van der Waals surface area contributed by atoms with E-state index in [1.165, 1.54) is 12.8 Å². The molecule has 28 heavy (non-hydrogen) atoms. The summed E-state index contributed by atoms with van der Waals surface area (Å²) in [6.07, 6.45) is 4.48. The van der Waals surface area contributed by atoms with Gasteiger partial charge in [0, 0.05) is 22.0 Å². The Balaban J connectivity index is 1.65. The minimum absolute atomic E-state index is 0.0264. The van der Waals surface area contributed by atoms with Crippen molar-refractivity contribution in [3.63, 3.8) is 0 Å². The molecule has 1 amide bonds. The second-order valence-electron chi connectivity index (χ2n) is 7.96. The highest BCUT2D eigenvalue weighted by Gasteiger charge is 2.25. The molecule has 1 aliphatic carbocycles. The fourth-order valence-electron chi connectivity index (χ4n) is 4.05. The van der Waals surface area contributed by atoms with Gasteiger partial charge in [0.15, 0.2) is 0 Å². The van der Waals surface area contributed by atoms with Crippen molar-refractivity contribution >= 4 is 28.4 Å². The predicted octanol–water partition coefficient (Wildman–Crippen LogP) is 5.61. The molecule has 1 aromatic heterocycles. The van der Waals surface area contributed by atoms with Crippen molar-refractivity contribution in [1.29, 1.82) is 0 Å². The first kappa shape index (κ1) is 19.0. The Labute approximate surface area is 170 Å². The van der Waals surface area contributed by atoms with E-state index in [-0.39, 0.29) is 18.0 Å². The van der Waals surface area contributed by atoms with Gasteiger partial charge in [-0.05, 0) is 56.7 Å². The summed E-state index contributed by atoms with van der Waals surface area (Å²) >= 11 is 6.25. The highest BCUT2D eigenvalue weighted by atomic mass is 35.5. The molecule has 0 aliphatic heterocycles. The first-order valence-electron chi connectivity index (χ1n) is 10.1. The van der Waals surface area contributed by atoms with E-state index in [2.05, 4.69) is 12.2 Å². The second kappa shape index (κ2) is 7.96. The van der Waals surface area contributed by atoms with Crippen molar-refractivity contribution in [2.24, 2.45) is 5.92 Å². The molecule has 4 rings (SSSR count). The number of aromatic nitrogens is 2. The summed E-state index contributed by atoms with van der Waals surface area (Å²) in [5.74, 6) is 0.789.